The predicted molar refractivity (Wildman–Crippen MR) is 112 cm³/mol. The van der Waals surface area contributed by atoms with Gasteiger partial charge in [-0.05, 0) is 34.9 Å². The Morgan fingerprint density at radius 2 is 1.97 bits per heavy atom. The number of nitrogens with one attached hydrogen (secondary N) is 2. The van der Waals surface area contributed by atoms with Crippen LogP contribution in [0.25, 0.3) is 11.0 Å². The molecule has 1 aliphatic heterocycles. The molecule has 3 heterocycles. The molecule has 0 aliphatic carbocycles. The van der Waals surface area contributed by atoms with Crippen molar-refractivity contribution in [2.75, 3.05) is 11.9 Å². The smallest absolute Gasteiger partial charge is 0.226 e. The van der Waals surface area contributed by atoms with Crippen LogP contribution in [0, 0.1) is 11.6 Å². The fourth-order valence-electron chi connectivity index (χ4n) is 4.02. The Morgan fingerprint density at radius 3 is 2.80 bits per heavy atom. The first-order valence-corrected chi connectivity index (χ1v) is 9.96. The summed E-state index contributed by atoms with van der Waals surface area (Å²) in [5, 5.41) is 4.20. The lowest BCUT2D eigenvalue weighted by Gasteiger charge is -2.35. The molecule has 5 rings (SSSR count). The van der Waals surface area contributed by atoms with E-state index in [-0.39, 0.29) is 11.3 Å². The summed E-state index contributed by atoms with van der Waals surface area (Å²) in [6, 6.07) is 13.8. The molecular formula is C22H18ClF2N5. The largest absolute Gasteiger partial charge is 0.361 e. The Hall–Kier alpha value is -3.03. The summed E-state index contributed by atoms with van der Waals surface area (Å²) in [6.45, 7) is 1.61. The van der Waals surface area contributed by atoms with Crippen LogP contribution in [0.3, 0.4) is 0 Å². The Balaban J connectivity index is 1.53. The number of benzene rings is 2. The molecule has 0 radical (unpaired) electrons. The van der Waals surface area contributed by atoms with Crippen molar-refractivity contribution in [3.05, 3.63) is 88.3 Å². The SMILES string of the molecule is Fc1cc(F)c2c(c1)C(Nc1nc(Cl)nc3[nH]ccc13)CN(Cc1ccccc1)C2. The summed E-state index contributed by atoms with van der Waals surface area (Å²) in [7, 11) is 0. The van der Waals surface area contributed by atoms with Crippen molar-refractivity contribution in [1.29, 1.82) is 0 Å². The van der Waals surface area contributed by atoms with Gasteiger partial charge in [0, 0.05) is 37.5 Å². The van der Waals surface area contributed by atoms with E-state index in [0.29, 0.717) is 42.2 Å². The summed E-state index contributed by atoms with van der Waals surface area (Å²) >= 11 is 6.07. The van der Waals surface area contributed by atoms with Gasteiger partial charge in [0.05, 0.1) is 11.4 Å². The maximum Gasteiger partial charge on any atom is 0.226 e. The predicted octanol–water partition coefficient (Wildman–Crippen LogP) is 5.06. The molecular weight excluding hydrogens is 408 g/mol. The Kier molecular flexibility index (Phi) is 4.84. The zero-order valence-electron chi connectivity index (χ0n) is 15.9. The maximum absolute atomic E-state index is 14.7. The molecule has 0 amide bonds. The van der Waals surface area contributed by atoms with E-state index in [1.165, 1.54) is 6.07 Å². The van der Waals surface area contributed by atoms with Crippen LogP contribution < -0.4 is 5.32 Å². The molecule has 0 saturated heterocycles. The van der Waals surface area contributed by atoms with Gasteiger partial charge in [0.15, 0.2) is 0 Å². The summed E-state index contributed by atoms with van der Waals surface area (Å²) < 4.78 is 28.7. The summed E-state index contributed by atoms with van der Waals surface area (Å²) in [5.41, 5.74) is 2.80. The molecule has 152 valence electrons. The zero-order valence-corrected chi connectivity index (χ0v) is 16.6. The lowest BCUT2D eigenvalue weighted by Crippen LogP contribution is -2.37. The highest BCUT2D eigenvalue weighted by Gasteiger charge is 2.29. The standard InChI is InChI=1S/C22H18ClF2N5/c23-22-28-20-15(6-7-26-20)21(29-22)27-19-12-30(10-13-4-2-1-3-5-13)11-17-16(19)8-14(24)9-18(17)25/h1-9,19H,10-12H2,(H2,26,27,28,29). The van der Waals surface area contributed by atoms with Crippen LogP contribution in [0.5, 0.6) is 0 Å². The number of rotatable bonds is 4. The van der Waals surface area contributed by atoms with Crippen molar-refractivity contribution in [3.63, 3.8) is 0 Å². The minimum Gasteiger partial charge on any atom is -0.361 e. The van der Waals surface area contributed by atoms with Gasteiger partial charge < -0.3 is 10.3 Å². The van der Waals surface area contributed by atoms with Crippen molar-refractivity contribution in [1.82, 2.24) is 19.9 Å². The lowest BCUT2D eigenvalue weighted by molar-refractivity contribution is 0.224. The van der Waals surface area contributed by atoms with Crippen LogP contribution in [-0.2, 0) is 13.1 Å². The van der Waals surface area contributed by atoms with Crippen LogP contribution in [-0.4, -0.2) is 26.4 Å². The molecule has 2 aromatic carbocycles. The van der Waals surface area contributed by atoms with Gasteiger partial charge in [0.1, 0.15) is 23.1 Å². The molecule has 4 aromatic rings. The molecule has 2 N–H and O–H groups in total. The summed E-state index contributed by atoms with van der Waals surface area (Å²) in [6.07, 6.45) is 1.75. The van der Waals surface area contributed by atoms with Crippen molar-refractivity contribution < 1.29 is 8.78 Å². The van der Waals surface area contributed by atoms with E-state index in [1.54, 1.807) is 6.20 Å². The van der Waals surface area contributed by atoms with Gasteiger partial charge in [-0.2, -0.15) is 4.98 Å². The molecule has 1 atom stereocenters. The van der Waals surface area contributed by atoms with Gasteiger partial charge in [-0.3, -0.25) is 4.90 Å². The lowest BCUT2D eigenvalue weighted by atomic mass is 9.94. The van der Waals surface area contributed by atoms with Gasteiger partial charge in [-0.25, -0.2) is 13.8 Å². The number of aromatic amines is 1. The number of nitrogens with zero attached hydrogens (tertiary/aromatic N) is 3. The molecule has 0 spiro atoms. The molecule has 1 aliphatic rings. The fourth-order valence-corrected chi connectivity index (χ4v) is 4.19. The van der Waals surface area contributed by atoms with Crippen molar-refractivity contribution in [2.24, 2.45) is 0 Å². The van der Waals surface area contributed by atoms with E-state index in [1.807, 2.05) is 36.4 Å². The first-order chi connectivity index (χ1) is 14.6. The van der Waals surface area contributed by atoms with Crippen LogP contribution in [0.4, 0.5) is 14.6 Å². The van der Waals surface area contributed by atoms with Gasteiger partial charge in [0.25, 0.3) is 0 Å². The average molecular weight is 426 g/mol. The Morgan fingerprint density at radius 1 is 1.13 bits per heavy atom. The number of hydrogen-bond acceptors (Lipinski definition) is 4. The highest BCUT2D eigenvalue weighted by molar-refractivity contribution is 6.28. The second-order valence-corrected chi connectivity index (χ2v) is 7.73. The highest BCUT2D eigenvalue weighted by atomic mass is 35.5. The third-order valence-electron chi connectivity index (χ3n) is 5.34. The number of fused-ring (bicyclic) bond motifs is 2. The fraction of sp³-hybridized carbons (Fsp3) is 0.182. The second-order valence-electron chi connectivity index (χ2n) is 7.39. The summed E-state index contributed by atoms with van der Waals surface area (Å²) in [5.74, 6) is -0.613. The van der Waals surface area contributed by atoms with Crippen molar-refractivity contribution in [3.8, 4) is 0 Å². The van der Waals surface area contributed by atoms with Gasteiger partial charge >= 0.3 is 0 Å². The number of halogens is 3. The first-order valence-electron chi connectivity index (χ1n) is 9.58. The highest BCUT2D eigenvalue weighted by Crippen LogP contribution is 2.34. The Bertz CT molecular complexity index is 1210. The third-order valence-corrected chi connectivity index (χ3v) is 5.51. The molecule has 2 aromatic heterocycles. The van der Waals surface area contributed by atoms with Gasteiger partial charge in [0.2, 0.25) is 5.28 Å². The van der Waals surface area contributed by atoms with Crippen LogP contribution in [0.15, 0.2) is 54.7 Å². The Labute approximate surface area is 176 Å². The zero-order chi connectivity index (χ0) is 20.7. The minimum atomic E-state index is -0.595. The molecule has 8 heteroatoms. The average Bonchev–Trinajstić information content (AvgIpc) is 3.18. The maximum atomic E-state index is 14.7. The van der Waals surface area contributed by atoms with Crippen LogP contribution in [0.1, 0.15) is 22.7 Å². The molecule has 5 nitrogen and oxygen atoms in total. The molecule has 1 unspecified atom stereocenters. The molecule has 30 heavy (non-hydrogen) atoms. The van der Waals surface area contributed by atoms with Gasteiger partial charge in [-0.15, -0.1) is 0 Å². The van der Waals surface area contributed by atoms with E-state index >= 15 is 0 Å². The van der Waals surface area contributed by atoms with E-state index in [4.69, 9.17) is 11.6 Å². The van der Waals surface area contributed by atoms with E-state index in [0.717, 1.165) is 17.0 Å². The topological polar surface area (TPSA) is 56.8 Å². The number of hydrogen-bond donors (Lipinski definition) is 2. The molecule has 0 fully saturated rings. The van der Waals surface area contributed by atoms with Crippen molar-refractivity contribution in [2.45, 2.75) is 19.1 Å². The molecule has 0 bridgehead atoms. The number of aromatic nitrogens is 3. The van der Waals surface area contributed by atoms with Crippen LogP contribution >= 0.6 is 11.6 Å². The minimum absolute atomic E-state index is 0.0926. The van der Waals surface area contributed by atoms with Gasteiger partial charge in [-0.1, -0.05) is 30.3 Å². The second kappa shape index (κ2) is 7.66. The summed E-state index contributed by atoms with van der Waals surface area (Å²) in [4.78, 5) is 13.6. The monoisotopic (exact) mass is 425 g/mol. The molecule has 0 saturated carbocycles. The first kappa shape index (κ1) is 19.0. The van der Waals surface area contributed by atoms with Crippen molar-refractivity contribution >= 4 is 28.5 Å². The van der Waals surface area contributed by atoms with E-state index < -0.39 is 11.6 Å². The normalized spacial score (nSPS) is 16.6. The van der Waals surface area contributed by atoms with E-state index in [9.17, 15) is 8.78 Å². The quantitative estimate of drug-likeness (QED) is 0.449. The van der Waals surface area contributed by atoms with E-state index in [2.05, 4.69) is 25.2 Å². The number of H-pyrrole nitrogens is 1. The third kappa shape index (κ3) is 3.62. The number of anilines is 1. The van der Waals surface area contributed by atoms with Crippen LogP contribution in [0.2, 0.25) is 5.28 Å².